The number of hydrogen-bond donors (Lipinski definition) is 2. The predicted octanol–water partition coefficient (Wildman–Crippen LogP) is 2.83. The summed E-state index contributed by atoms with van der Waals surface area (Å²) in [6.45, 7) is 2.02. The van der Waals surface area contributed by atoms with Crippen LogP contribution in [0.5, 0.6) is 0 Å². The number of carbonyl (C=O) groups excluding carboxylic acids is 1. The van der Waals surface area contributed by atoms with Gasteiger partial charge in [-0.05, 0) is 31.4 Å². The maximum absolute atomic E-state index is 13.1. The van der Waals surface area contributed by atoms with Gasteiger partial charge in [0.2, 0.25) is 0 Å². The summed E-state index contributed by atoms with van der Waals surface area (Å²) < 4.78 is 26.0. The molecule has 2 N–H and O–H groups in total. The van der Waals surface area contributed by atoms with Gasteiger partial charge in [0.05, 0.1) is 0 Å². The van der Waals surface area contributed by atoms with Crippen molar-refractivity contribution >= 4 is 17.7 Å². The highest BCUT2D eigenvalue weighted by atomic mass is 19.2. The molecule has 0 bridgehead atoms. The summed E-state index contributed by atoms with van der Waals surface area (Å²) in [6.07, 6.45) is 1.25. The average molecular weight is 298 g/mol. The molecule has 114 valence electrons. The van der Waals surface area contributed by atoms with Crippen molar-refractivity contribution in [2.75, 3.05) is 11.9 Å². The molecule has 1 saturated heterocycles. The van der Waals surface area contributed by atoms with E-state index in [0.29, 0.717) is 19.4 Å². The number of aliphatic carboxylic acids is 1. The quantitative estimate of drug-likeness (QED) is 0.901. The second-order valence-corrected chi connectivity index (χ2v) is 5.00. The number of carbonyl (C=O) groups is 2. The molecule has 0 spiro atoms. The van der Waals surface area contributed by atoms with Crippen LogP contribution in [-0.2, 0) is 4.79 Å². The van der Waals surface area contributed by atoms with E-state index in [1.54, 1.807) is 6.92 Å². The Bertz CT molecular complexity index is 579. The van der Waals surface area contributed by atoms with Crippen LogP contribution in [0.25, 0.3) is 0 Å². The van der Waals surface area contributed by atoms with Crippen molar-refractivity contribution in [1.29, 1.82) is 0 Å². The van der Waals surface area contributed by atoms with Crippen molar-refractivity contribution in [1.82, 2.24) is 4.90 Å². The van der Waals surface area contributed by atoms with Gasteiger partial charge in [-0.15, -0.1) is 0 Å². The smallest absolute Gasteiger partial charge is 0.329 e. The summed E-state index contributed by atoms with van der Waals surface area (Å²) in [4.78, 5) is 25.0. The maximum Gasteiger partial charge on any atom is 0.329 e. The van der Waals surface area contributed by atoms with E-state index < -0.39 is 29.2 Å². The summed E-state index contributed by atoms with van der Waals surface area (Å²) >= 11 is 0. The molecule has 2 amide bonds. The summed E-state index contributed by atoms with van der Waals surface area (Å²) in [5.74, 6) is -3.14. The van der Waals surface area contributed by atoms with Crippen molar-refractivity contribution in [2.24, 2.45) is 0 Å². The van der Waals surface area contributed by atoms with E-state index in [1.807, 2.05) is 0 Å². The fraction of sp³-hybridized carbons (Fsp3) is 0.429. The minimum absolute atomic E-state index is 0.0844. The van der Waals surface area contributed by atoms with Gasteiger partial charge in [0, 0.05) is 18.3 Å². The van der Waals surface area contributed by atoms with E-state index >= 15 is 0 Å². The van der Waals surface area contributed by atoms with Gasteiger partial charge in [-0.1, -0.05) is 6.92 Å². The summed E-state index contributed by atoms with van der Waals surface area (Å²) in [7, 11) is 0. The number of benzene rings is 1. The van der Waals surface area contributed by atoms with Gasteiger partial charge in [0.25, 0.3) is 0 Å². The number of rotatable bonds is 3. The maximum atomic E-state index is 13.1. The Balaban J connectivity index is 2.19. The fourth-order valence-electron chi connectivity index (χ4n) is 2.68. The first-order valence-electron chi connectivity index (χ1n) is 6.68. The number of likely N-dealkylation sites (tertiary alicyclic amines) is 1. The third-order valence-electron chi connectivity index (χ3n) is 3.89. The van der Waals surface area contributed by atoms with Crippen molar-refractivity contribution < 1.29 is 23.5 Å². The number of nitrogens with zero attached hydrogens (tertiary/aromatic N) is 1. The van der Waals surface area contributed by atoms with Crippen LogP contribution in [-0.4, -0.2) is 34.1 Å². The van der Waals surface area contributed by atoms with Crippen molar-refractivity contribution in [3.05, 3.63) is 29.8 Å². The molecule has 2 rings (SSSR count). The number of halogens is 2. The van der Waals surface area contributed by atoms with E-state index in [1.165, 1.54) is 11.0 Å². The van der Waals surface area contributed by atoms with Crippen LogP contribution < -0.4 is 5.32 Å². The zero-order valence-corrected chi connectivity index (χ0v) is 11.5. The summed E-state index contributed by atoms with van der Waals surface area (Å²) in [5, 5.41) is 11.8. The van der Waals surface area contributed by atoms with Gasteiger partial charge >= 0.3 is 12.0 Å². The Morgan fingerprint density at radius 2 is 2.10 bits per heavy atom. The molecule has 0 aliphatic carbocycles. The highest BCUT2D eigenvalue weighted by Crippen LogP contribution is 2.33. The molecule has 5 nitrogen and oxygen atoms in total. The molecule has 0 radical (unpaired) electrons. The topological polar surface area (TPSA) is 69.6 Å². The molecule has 0 aromatic heterocycles. The van der Waals surface area contributed by atoms with Gasteiger partial charge in [-0.25, -0.2) is 18.4 Å². The molecule has 7 heteroatoms. The summed E-state index contributed by atoms with van der Waals surface area (Å²) in [6, 6.07) is 2.36. The van der Waals surface area contributed by atoms with Crippen LogP contribution in [0, 0.1) is 11.6 Å². The zero-order chi connectivity index (χ0) is 15.6. The lowest BCUT2D eigenvalue weighted by Crippen LogP contribution is -2.54. The third kappa shape index (κ3) is 2.68. The van der Waals surface area contributed by atoms with Crippen LogP contribution in [0.2, 0.25) is 0 Å². The minimum Gasteiger partial charge on any atom is -0.479 e. The molecular formula is C14H16F2N2O3. The number of nitrogens with one attached hydrogen (secondary N) is 1. The lowest BCUT2D eigenvalue weighted by atomic mass is 9.93. The molecule has 1 unspecified atom stereocenters. The van der Waals surface area contributed by atoms with E-state index in [4.69, 9.17) is 0 Å². The van der Waals surface area contributed by atoms with E-state index in [-0.39, 0.29) is 12.1 Å². The van der Waals surface area contributed by atoms with Crippen LogP contribution in [0.3, 0.4) is 0 Å². The van der Waals surface area contributed by atoms with Gasteiger partial charge in [0.1, 0.15) is 5.54 Å². The molecule has 1 aromatic carbocycles. The SMILES string of the molecule is CCC1(C(=O)O)CCCN1C(=O)Nc1ccc(F)c(F)c1. The van der Waals surface area contributed by atoms with Gasteiger partial charge in [0.15, 0.2) is 11.6 Å². The van der Waals surface area contributed by atoms with Crippen LogP contribution in [0.1, 0.15) is 26.2 Å². The first-order valence-corrected chi connectivity index (χ1v) is 6.68. The number of carboxylic acids is 1. The first-order chi connectivity index (χ1) is 9.90. The molecule has 1 fully saturated rings. The predicted molar refractivity (Wildman–Crippen MR) is 72.0 cm³/mol. The van der Waals surface area contributed by atoms with Crippen molar-refractivity contribution in [2.45, 2.75) is 31.7 Å². The Morgan fingerprint density at radius 3 is 2.67 bits per heavy atom. The lowest BCUT2D eigenvalue weighted by Gasteiger charge is -2.33. The van der Waals surface area contributed by atoms with Crippen LogP contribution >= 0.6 is 0 Å². The third-order valence-corrected chi connectivity index (χ3v) is 3.89. The molecule has 1 heterocycles. The molecular weight excluding hydrogens is 282 g/mol. The number of urea groups is 1. The number of amides is 2. The van der Waals surface area contributed by atoms with Gasteiger partial charge in [-0.2, -0.15) is 0 Å². The Morgan fingerprint density at radius 1 is 1.38 bits per heavy atom. The van der Waals surface area contributed by atoms with Crippen LogP contribution in [0.15, 0.2) is 18.2 Å². The lowest BCUT2D eigenvalue weighted by molar-refractivity contribution is -0.148. The molecule has 1 aliphatic rings. The number of anilines is 1. The number of carboxylic acid groups (broad SMARTS) is 1. The molecule has 21 heavy (non-hydrogen) atoms. The van der Waals surface area contributed by atoms with E-state index in [0.717, 1.165) is 12.1 Å². The fourth-order valence-corrected chi connectivity index (χ4v) is 2.68. The first kappa shape index (κ1) is 15.2. The Hall–Kier alpha value is -2.18. The zero-order valence-electron chi connectivity index (χ0n) is 11.5. The normalized spacial score (nSPS) is 21.4. The van der Waals surface area contributed by atoms with Gasteiger partial charge < -0.3 is 15.3 Å². The second kappa shape index (κ2) is 5.67. The van der Waals surface area contributed by atoms with E-state index in [2.05, 4.69) is 5.32 Å². The van der Waals surface area contributed by atoms with Crippen molar-refractivity contribution in [3.8, 4) is 0 Å². The molecule has 1 aliphatic heterocycles. The largest absolute Gasteiger partial charge is 0.479 e. The average Bonchev–Trinajstić information content (AvgIpc) is 2.88. The Labute approximate surface area is 120 Å². The molecule has 1 aromatic rings. The standard InChI is InChI=1S/C14H16F2N2O3/c1-2-14(12(19)20)6-3-7-18(14)13(21)17-9-4-5-10(15)11(16)8-9/h4-5,8H,2-3,6-7H2,1H3,(H,17,21)(H,19,20). The monoisotopic (exact) mass is 298 g/mol. The molecule has 1 atom stereocenters. The van der Waals surface area contributed by atoms with E-state index in [9.17, 15) is 23.5 Å². The highest BCUT2D eigenvalue weighted by molar-refractivity contribution is 5.94. The molecule has 0 saturated carbocycles. The van der Waals surface area contributed by atoms with Crippen LogP contribution in [0.4, 0.5) is 19.3 Å². The summed E-state index contributed by atoms with van der Waals surface area (Å²) in [5.41, 5.74) is -1.15. The van der Waals surface area contributed by atoms with Crippen molar-refractivity contribution in [3.63, 3.8) is 0 Å². The number of hydrogen-bond acceptors (Lipinski definition) is 2. The highest BCUT2D eigenvalue weighted by Gasteiger charge is 2.48. The minimum atomic E-state index is -1.23. The van der Waals surface area contributed by atoms with Gasteiger partial charge in [-0.3, -0.25) is 0 Å². The Kier molecular flexibility index (Phi) is 4.11. The second-order valence-electron chi connectivity index (χ2n) is 5.00.